The number of nitrogens with zero attached hydrogens (tertiary/aromatic N) is 1. The Kier molecular flexibility index (Phi) is 4.21. The fourth-order valence-electron chi connectivity index (χ4n) is 3.42. The Morgan fingerprint density at radius 1 is 1.12 bits per heavy atom. The number of fused-ring (bicyclic) bond motifs is 1. The van der Waals surface area contributed by atoms with Crippen LogP contribution >= 0.6 is 0 Å². The second-order valence-electron chi connectivity index (χ2n) is 6.44. The van der Waals surface area contributed by atoms with Gasteiger partial charge in [-0.1, -0.05) is 18.2 Å². The van der Waals surface area contributed by atoms with Gasteiger partial charge < -0.3 is 8.83 Å². The standard InChI is InChI=1S/C21H19NO4/c1-14-19-17(23)10-5-11-18(19)26-20(14)21(24)22(13-16-9-6-12-25-16)15-7-3-2-4-8-15/h2-4,6-9,12H,5,10-11,13H2,1H3. The monoisotopic (exact) mass is 349 g/mol. The molecule has 132 valence electrons. The Morgan fingerprint density at radius 2 is 1.92 bits per heavy atom. The number of furan rings is 2. The van der Waals surface area contributed by atoms with Crippen molar-refractivity contribution in [2.45, 2.75) is 32.7 Å². The van der Waals surface area contributed by atoms with Crippen LogP contribution in [0.15, 0.2) is 57.6 Å². The number of carbonyl (C=O) groups excluding carboxylic acids is 2. The first kappa shape index (κ1) is 16.4. The molecule has 0 bridgehead atoms. The highest BCUT2D eigenvalue weighted by Crippen LogP contribution is 2.31. The van der Waals surface area contributed by atoms with Crippen molar-refractivity contribution < 1.29 is 18.4 Å². The molecule has 0 fully saturated rings. The average Bonchev–Trinajstić information content (AvgIpc) is 3.28. The highest BCUT2D eigenvalue weighted by molar-refractivity contribution is 6.08. The predicted molar refractivity (Wildman–Crippen MR) is 96.4 cm³/mol. The number of rotatable bonds is 4. The molecule has 1 aliphatic carbocycles. The van der Waals surface area contributed by atoms with E-state index in [0.29, 0.717) is 35.5 Å². The highest BCUT2D eigenvalue weighted by Gasteiger charge is 2.31. The summed E-state index contributed by atoms with van der Waals surface area (Å²) in [6, 6.07) is 13.0. The Bertz CT molecular complexity index is 938. The number of amides is 1. The van der Waals surface area contributed by atoms with Gasteiger partial charge in [0.25, 0.3) is 5.91 Å². The normalized spacial score (nSPS) is 13.5. The molecule has 3 aromatic rings. The zero-order valence-electron chi connectivity index (χ0n) is 14.5. The first-order chi connectivity index (χ1) is 12.6. The maximum atomic E-state index is 13.3. The Morgan fingerprint density at radius 3 is 2.62 bits per heavy atom. The molecule has 0 saturated carbocycles. The molecule has 4 rings (SSSR count). The molecule has 0 radical (unpaired) electrons. The third kappa shape index (κ3) is 2.86. The summed E-state index contributed by atoms with van der Waals surface area (Å²) in [6.45, 7) is 2.07. The van der Waals surface area contributed by atoms with Crippen molar-refractivity contribution in [1.82, 2.24) is 0 Å². The van der Waals surface area contributed by atoms with Gasteiger partial charge in [-0.15, -0.1) is 0 Å². The number of ketones is 1. The molecule has 1 aliphatic rings. The fourth-order valence-corrected chi connectivity index (χ4v) is 3.42. The third-order valence-corrected chi connectivity index (χ3v) is 4.71. The van der Waals surface area contributed by atoms with Crippen molar-refractivity contribution in [2.75, 3.05) is 4.90 Å². The first-order valence-corrected chi connectivity index (χ1v) is 8.70. The molecule has 1 aromatic carbocycles. The second kappa shape index (κ2) is 6.67. The molecule has 5 nitrogen and oxygen atoms in total. The lowest BCUT2D eigenvalue weighted by molar-refractivity contribution is 0.0946. The van der Waals surface area contributed by atoms with Crippen LogP contribution < -0.4 is 4.90 Å². The zero-order valence-corrected chi connectivity index (χ0v) is 14.5. The molecule has 0 saturated heterocycles. The van der Waals surface area contributed by atoms with Gasteiger partial charge in [-0.25, -0.2) is 0 Å². The van der Waals surface area contributed by atoms with Crippen LogP contribution in [0.25, 0.3) is 0 Å². The highest BCUT2D eigenvalue weighted by atomic mass is 16.4. The Labute approximate surface area is 151 Å². The van der Waals surface area contributed by atoms with Crippen molar-refractivity contribution in [1.29, 1.82) is 0 Å². The van der Waals surface area contributed by atoms with Crippen LogP contribution in [0.4, 0.5) is 5.69 Å². The maximum absolute atomic E-state index is 13.3. The number of aryl methyl sites for hydroxylation is 1. The number of anilines is 1. The van der Waals surface area contributed by atoms with E-state index in [1.807, 2.05) is 36.4 Å². The van der Waals surface area contributed by atoms with E-state index < -0.39 is 0 Å². The number of hydrogen-bond acceptors (Lipinski definition) is 4. The van der Waals surface area contributed by atoms with Crippen LogP contribution in [0, 0.1) is 6.92 Å². The lowest BCUT2D eigenvalue weighted by atomic mass is 9.94. The topological polar surface area (TPSA) is 63.7 Å². The van der Waals surface area contributed by atoms with E-state index in [-0.39, 0.29) is 24.0 Å². The average molecular weight is 349 g/mol. The van der Waals surface area contributed by atoms with Crippen molar-refractivity contribution in [3.05, 3.63) is 77.1 Å². The van der Waals surface area contributed by atoms with Crippen LogP contribution in [0.1, 0.15) is 50.8 Å². The molecule has 0 spiro atoms. The molecule has 2 aromatic heterocycles. The molecular weight excluding hydrogens is 330 g/mol. The van der Waals surface area contributed by atoms with E-state index in [9.17, 15) is 9.59 Å². The molecule has 26 heavy (non-hydrogen) atoms. The summed E-state index contributed by atoms with van der Waals surface area (Å²) >= 11 is 0. The summed E-state index contributed by atoms with van der Waals surface area (Å²) in [7, 11) is 0. The molecule has 0 N–H and O–H groups in total. The summed E-state index contributed by atoms with van der Waals surface area (Å²) in [5, 5.41) is 0. The van der Waals surface area contributed by atoms with E-state index in [1.54, 1.807) is 24.2 Å². The fraction of sp³-hybridized carbons (Fsp3) is 0.238. The number of hydrogen-bond donors (Lipinski definition) is 0. The molecular formula is C21H19NO4. The number of benzene rings is 1. The molecule has 5 heteroatoms. The molecule has 1 amide bonds. The van der Waals surface area contributed by atoms with Crippen molar-refractivity contribution in [3.8, 4) is 0 Å². The summed E-state index contributed by atoms with van der Waals surface area (Å²) in [6.07, 6.45) is 3.55. The number of para-hydroxylation sites is 1. The quantitative estimate of drug-likeness (QED) is 0.693. The number of Topliss-reactive ketones (excluding diaryl/α,β-unsaturated/α-hetero) is 1. The largest absolute Gasteiger partial charge is 0.467 e. The Balaban J connectivity index is 1.74. The van der Waals surface area contributed by atoms with E-state index in [1.165, 1.54) is 0 Å². The van der Waals surface area contributed by atoms with E-state index in [4.69, 9.17) is 8.83 Å². The minimum absolute atomic E-state index is 0.0591. The van der Waals surface area contributed by atoms with Gasteiger partial charge in [0.1, 0.15) is 11.5 Å². The lowest BCUT2D eigenvalue weighted by Gasteiger charge is -2.21. The van der Waals surface area contributed by atoms with Gasteiger partial charge in [0, 0.05) is 24.1 Å². The van der Waals surface area contributed by atoms with Crippen molar-refractivity contribution in [2.24, 2.45) is 0 Å². The van der Waals surface area contributed by atoms with Gasteiger partial charge in [-0.05, 0) is 37.6 Å². The molecule has 0 atom stereocenters. The zero-order chi connectivity index (χ0) is 18.1. The molecule has 0 unspecified atom stereocenters. The van der Waals surface area contributed by atoms with Crippen LogP contribution in [-0.2, 0) is 13.0 Å². The minimum Gasteiger partial charge on any atom is -0.467 e. The van der Waals surface area contributed by atoms with Crippen LogP contribution in [0.2, 0.25) is 0 Å². The van der Waals surface area contributed by atoms with Gasteiger partial charge in [-0.2, -0.15) is 0 Å². The second-order valence-corrected chi connectivity index (χ2v) is 6.44. The van der Waals surface area contributed by atoms with Gasteiger partial charge in [0.2, 0.25) is 0 Å². The summed E-state index contributed by atoms with van der Waals surface area (Å²) in [5.41, 5.74) is 1.97. The summed E-state index contributed by atoms with van der Waals surface area (Å²) < 4.78 is 11.3. The van der Waals surface area contributed by atoms with Gasteiger partial charge in [-0.3, -0.25) is 14.5 Å². The third-order valence-electron chi connectivity index (χ3n) is 4.71. The summed E-state index contributed by atoms with van der Waals surface area (Å²) in [4.78, 5) is 27.1. The van der Waals surface area contributed by atoms with Crippen LogP contribution in [0.3, 0.4) is 0 Å². The molecule has 0 aliphatic heterocycles. The minimum atomic E-state index is -0.271. The summed E-state index contributed by atoms with van der Waals surface area (Å²) in [5.74, 6) is 1.33. The van der Waals surface area contributed by atoms with Crippen LogP contribution in [-0.4, -0.2) is 11.7 Å². The van der Waals surface area contributed by atoms with Crippen molar-refractivity contribution in [3.63, 3.8) is 0 Å². The number of carbonyl (C=O) groups is 2. The smallest absolute Gasteiger partial charge is 0.294 e. The predicted octanol–water partition coefficient (Wildman–Crippen LogP) is 4.55. The first-order valence-electron chi connectivity index (χ1n) is 8.70. The van der Waals surface area contributed by atoms with Gasteiger partial charge >= 0.3 is 0 Å². The van der Waals surface area contributed by atoms with Gasteiger partial charge in [0.15, 0.2) is 11.5 Å². The van der Waals surface area contributed by atoms with Crippen molar-refractivity contribution >= 4 is 17.4 Å². The van der Waals surface area contributed by atoms with E-state index in [2.05, 4.69) is 0 Å². The lowest BCUT2D eigenvalue weighted by Crippen LogP contribution is -2.30. The Hall–Kier alpha value is -3.08. The van der Waals surface area contributed by atoms with E-state index >= 15 is 0 Å². The van der Waals surface area contributed by atoms with Gasteiger partial charge in [0.05, 0.1) is 18.4 Å². The van der Waals surface area contributed by atoms with E-state index in [0.717, 1.165) is 12.1 Å². The maximum Gasteiger partial charge on any atom is 0.294 e. The molecule has 2 heterocycles. The van der Waals surface area contributed by atoms with Crippen LogP contribution in [0.5, 0.6) is 0 Å². The SMILES string of the molecule is Cc1c(C(=O)N(Cc2ccco2)c2ccccc2)oc2c1C(=O)CCC2.